The zero-order chi connectivity index (χ0) is 32.5. The van der Waals surface area contributed by atoms with Crippen molar-refractivity contribution in [3.05, 3.63) is 125 Å². The van der Waals surface area contributed by atoms with Gasteiger partial charge in [-0.15, -0.1) is 0 Å². The van der Waals surface area contributed by atoms with Crippen LogP contribution in [0.2, 0.25) is 5.02 Å². The molecule has 1 heterocycles. The van der Waals surface area contributed by atoms with Crippen molar-refractivity contribution < 1.29 is 31.9 Å². The Hall–Kier alpha value is -4.45. The maximum Gasteiger partial charge on any atom is 0.261 e. The molecule has 5 rings (SSSR count). The fraction of sp³-hybridized carbons (Fsp3) is 0.235. The molecule has 1 aliphatic heterocycles. The number of hydrogen-bond acceptors (Lipinski definition) is 6. The van der Waals surface area contributed by atoms with Gasteiger partial charge in [-0.05, 0) is 84.6 Å². The highest BCUT2D eigenvalue weighted by Gasteiger charge is 2.32. The van der Waals surface area contributed by atoms with Crippen LogP contribution in [-0.2, 0) is 30.9 Å². The minimum absolute atomic E-state index is 0.0491. The molecule has 1 fully saturated rings. The average molecular weight is 666 g/mol. The SMILES string of the molecule is O=C(NC[C@H]1CCCO1)[C@H](c1ccccc1)N(Cc1ccc(Cl)cc1)C(=O)COc1ccc(S(=O)(=O)Nc2ccc(F)cc2)cc1. The summed E-state index contributed by atoms with van der Waals surface area (Å²) in [6.07, 6.45) is 1.69. The van der Waals surface area contributed by atoms with Gasteiger partial charge >= 0.3 is 0 Å². The number of hydrogen-bond donors (Lipinski definition) is 2. The van der Waals surface area contributed by atoms with E-state index >= 15 is 0 Å². The second-order valence-corrected chi connectivity index (χ2v) is 12.8. The first-order valence-corrected chi connectivity index (χ1v) is 16.5. The summed E-state index contributed by atoms with van der Waals surface area (Å²) in [5.41, 5.74) is 1.59. The Morgan fingerprint density at radius 2 is 1.65 bits per heavy atom. The van der Waals surface area contributed by atoms with E-state index in [1.165, 1.54) is 41.3 Å². The Morgan fingerprint density at radius 1 is 0.957 bits per heavy atom. The fourth-order valence-corrected chi connectivity index (χ4v) is 6.19. The van der Waals surface area contributed by atoms with Crippen LogP contribution in [0.5, 0.6) is 5.75 Å². The lowest BCUT2D eigenvalue weighted by Crippen LogP contribution is -2.46. The molecule has 4 aromatic carbocycles. The second-order valence-electron chi connectivity index (χ2n) is 10.7. The number of nitrogens with one attached hydrogen (secondary N) is 2. The zero-order valence-corrected chi connectivity index (χ0v) is 26.3. The van der Waals surface area contributed by atoms with Gasteiger partial charge in [0.25, 0.3) is 15.9 Å². The van der Waals surface area contributed by atoms with Gasteiger partial charge in [-0.1, -0.05) is 54.1 Å². The molecular weight excluding hydrogens is 633 g/mol. The predicted octanol–water partition coefficient (Wildman–Crippen LogP) is 5.72. The Bertz CT molecular complexity index is 1720. The quantitative estimate of drug-likeness (QED) is 0.189. The molecule has 2 N–H and O–H groups in total. The van der Waals surface area contributed by atoms with E-state index in [4.69, 9.17) is 21.1 Å². The summed E-state index contributed by atoms with van der Waals surface area (Å²) in [6.45, 7) is 0.653. The number of carbonyl (C=O) groups excluding carboxylic acids is 2. The highest BCUT2D eigenvalue weighted by Crippen LogP contribution is 2.26. The van der Waals surface area contributed by atoms with Crippen LogP contribution in [0.3, 0.4) is 0 Å². The van der Waals surface area contributed by atoms with E-state index in [1.54, 1.807) is 48.5 Å². The van der Waals surface area contributed by atoms with Gasteiger partial charge in [0.1, 0.15) is 17.6 Å². The monoisotopic (exact) mass is 665 g/mol. The predicted molar refractivity (Wildman–Crippen MR) is 172 cm³/mol. The highest BCUT2D eigenvalue weighted by atomic mass is 35.5. The molecule has 2 atom stereocenters. The molecular formula is C34H33ClFN3O6S. The largest absolute Gasteiger partial charge is 0.484 e. The smallest absolute Gasteiger partial charge is 0.261 e. The van der Waals surface area contributed by atoms with Crippen LogP contribution in [-0.4, -0.2) is 51.0 Å². The molecule has 12 heteroatoms. The summed E-state index contributed by atoms with van der Waals surface area (Å²) < 4.78 is 52.7. The summed E-state index contributed by atoms with van der Waals surface area (Å²) >= 11 is 6.09. The Kier molecular flexibility index (Phi) is 10.9. The van der Waals surface area contributed by atoms with Crippen molar-refractivity contribution in [1.29, 1.82) is 0 Å². The number of nitrogens with zero attached hydrogens (tertiary/aromatic N) is 1. The third-order valence-corrected chi connectivity index (χ3v) is 9.03. The lowest BCUT2D eigenvalue weighted by Gasteiger charge is -2.32. The molecule has 0 radical (unpaired) electrons. The average Bonchev–Trinajstić information content (AvgIpc) is 3.59. The molecule has 240 valence electrons. The van der Waals surface area contributed by atoms with E-state index in [9.17, 15) is 22.4 Å². The van der Waals surface area contributed by atoms with Gasteiger partial charge in [-0.25, -0.2) is 12.8 Å². The van der Waals surface area contributed by atoms with E-state index in [-0.39, 0.29) is 34.9 Å². The van der Waals surface area contributed by atoms with E-state index in [2.05, 4.69) is 10.0 Å². The molecule has 2 amide bonds. The minimum atomic E-state index is -3.95. The second kappa shape index (κ2) is 15.2. The molecule has 0 spiro atoms. The minimum Gasteiger partial charge on any atom is -0.484 e. The van der Waals surface area contributed by atoms with Crippen LogP contribution in [0.25, 0.3) is 0 Å². The van der Waals surface area contributed by atoms with Crippen molar-refractivity contribution in [2.24, 2.45) is 0 Å². The van der Waals surface area contributed by atoms with Gasteiger partial charge in [0.15, 0.2) is 6.61 Å². The van der Waals surface area contributed by atoms with Gasteiger partial charge in [-0.2, -0.15) is 0 Å². The number of anilines is 1. The molecule has 46 heavy (non-hydrogen) atoms. The number of amides is 2. The first kappa shape index (κ1) is 32.9. The number of sulfonamides is 1. The van der Waals surface area contributed by atoms with Gasteiger partial charge < -0.3 is 19.7 Å². The zero-order valence-electron chi connectivity index (χ0n) is 24.8. The van der Waals surface area contributed by atoms with Crippen LogP contribution in [0, 0.1) is 5.82 Å². The maximum absolute atomic E-state index is 13.9. The highest BCUT2D eigenvalue weighted by molar-refractivity contribution is 7.92. The molecule has 0 bridgehead atoms. The number of carbonyl (C=O) groups is 2. The molecule has 0 unspecified atom stereocenters. The van der Waals surface area contributed by atoms with Crippen molar-refractivity contribution in [3.63, 3.8) is 0 Å². The summed E-state index contributed by atoms with van der Waals surface area (Å²) in [4.78, 5) is 29.0. The van der Waals surface area contributed by atoms with Crippen LogP contribution in [0.15, 0.2) is 108 Å². The third-order valence-electron chi connectivity index (χ3n) is 7.38. The maximum atomic E-state index is 13.9. The van der Waals surface area contributed by atoms with Crippen LogP contribution in [0.4, 0.5) is 10.1 Å². The van der Waals surface area contributed by atoms with Crippen LogP contribution >= 0.6 is 11.6 Å². The van der Waals surface area contributed by atoms with Crippen molar-refractivity contribution in [1.82, 2.24) is 10.2 Å². The topological polar surface area (TPSA) is 114 Å². The van der Waals surface area contributed by atoms with Gasteiger partial charge in [0.2, 0.25) is 5.91 Å². The first-order valence-electron chi connectivity index (χ1n) is 14.7. The summed E-state index contributed by atoms with van der Waals surface area (Å²) in [7, 11) is -3.95. The Balaban J connectivity index is 1.33. The van der Waals surface area contributed by atoms with Crippen molar-refractivity contribution in [2.45, 2.75) is 36.4 Å². The Morgan fingerprint density at radius 3 is 2.30 bits per heavy atom. The Labute approximate surface area is 272 Å². The van der Waals surface area contributed by atoms with E-state index in [0.717, 1.165) is 30.5 Å². The summed E-state index contributed by atoms with van der Waals surface area (Å²) in [6, 6.07) is 25.5. The van der Waals surface area contributed by atoms with E-state index in [1.807, 2.05) is 6.07 Å². The summed E-state index contributed by atoms with van der Waals surface area (Å²) in [5.74, 6) is -1.06. The molecule has 1 aliphatic rings. The molecule has 0 aliphatic carbocycles. The van der Waals surface area contributed by atoms with Crippen molar-refractivity contribution in [3.8, 4) is 5.75 Å². The van der Waals surface area contributed by atoms with Crippen molar-refractivity contribution >= 4 is 39.1 Å². The number of ether oxygens (including phenoxy) is 2. The summed E-state index contributed by atoms with van der Waals surface area (Å²) in [5, 5.41) is 3.51. The van der Waals surface area contributed by atoms with Gasteiger partial charge in [0.05, 0.1) is 11.0 Å². The van der Waals surface area contributed by atoms with Gasteiger partial charge in [0, 0.05) is 30.4 Å². The standard InChI is InChI=1S/C34H33ClFN3O6S/c35-26-10-8-24(9-11-26)22-39(33(25-5-2-1-3-6-25)34(41)37-21-30-7-4-20-44-30)32(40)23-45-29-16-18-31(19-17-29)46(42,43)38-28-14-12-27(36)13-15-28/h1-3,5-6,8-19,30,33,38H,4,7,20-23H2,(H,37,41)/t30-,33+/m1/s1. The van der Waals surface area contributed by atoms with Gasteiger partial charge in [-0.3, -0.25) is 14.3 Å². The fourth-order valence-electron chi connectivity index (χ4n) is 5.01. The van der Waals surface area contributed by atoms with E-state index < -0.39 is 34.4 Å². The molecule has 0 saturated carbocycles. The molecule has 1 saturated heterocycles. The molecule has 9 nitrogen and oxygen atoms in total. The van der Waals surface area contributed by atoms with E-state index in [0.29, 0.717) is 23.7 Å². The number of benzene rings is 4. The number of halogens is 2. The number of rotatable bonds is 13. The normalized spacial score (nSPS) is 15.1. The third kappa shape index (κ3) is 8.84. The molecule has 4 aromatic rings. The van der Waals surface area contributed by atoms with Crippen LogP contribution in [0.1, 0.15) is 30.0 Å². The lowest BCUT2D eigenvalue weighted by molar-refractivity contribution is -0.143. The van der Waals surface area contributed by atoms with Crippen molar-refractivity contribution in [2.75, 3.05) is 24.5 Å². The lowest BCUT2D eigenvalue weighted by atomic mass is 10.0. The molecule has 0 aromatic heterocycles. The first-order chi connectivity index (χ1) is 22.2. The van der Waals surface area contributed by atoms with Crippen LogP contribution < -0.4 is 14.8 Å².